The number of benzene rings is 3. The fourth-order valence-electron chi connectivity index (χ4n) is 4.26. The molecule has 0 saturated heterocycles. The maximum Gasteiger partial charge on any atom is 0.240 e. The molecular weight excluding hydrogens is 400 g/mol. The monoisotopic (exact) mass is 424 g/mol. The number of carbonyl (C=O) groups is 1. The molecular formula is C26H24N4O2. The summed E-state index contributed by atoms with van der Waals surface area (Å²) in [5.74, 6) is 1.50. The highest BCUT2D eigenvalue weighted by Crippen LogP contribution is 2.35. The van der Waals surface area contributed by atoms with Crippen LogP contribution in [0.15, 0.2) is 84.0 Å². The fraction of sp³-hybridized carbons (Fsp3) is 0.192. The van der Waals surface area contributed by atoms with Crippen LogP contribution >= 0.6 is 0 Å². The summed E-state index contributed by atoms with van der Waals surface area (Å²) in [5, 5.41) is 6.27. The van der Waals surface area contributed by atoms with Crippen molar-refractivity contribution < 1.29 is 9.53 Å². The molecule has 0 N–H and O–H groups in total. The van der Waals surface area contributed by atoms with Gasteiger partial charge in [-0.25, -0.2) is 9.99 Å². The fourth-order valence-corrected chi connectivity index (χ4v) is 4.26. The maximum absolute atomic E-state index is 12.6. The first kappa shape index (κ1) is 20.0. The van der Waals surface area contributed by atoms with Crippen molar-refractivity contribution in [3.05, 3.63) is 95.8 Å². The SMILES string of the molecule is COc1cccc(C2=NN(C(C)=O)[C@@H](c3nc4ccccc4n3Cc3ccccc3)C2)c1. The van der Waals surface area contributed by atoms with Crippen molar-refractivity contribution in [1.82, 2.24) is 14.6 Å². The second-order valence-electron chi connectivity index (χ2n) is 7.89. The Morgan fingerprint density at radius 1 is 1.03 bits per heavy atom. The summed E-state index contributed by atoms with van der Waals surface area (Å²) in [5.41, 5.74) is 4.94. The second kappa shape index (κ2) is 8.30. The van der Waals surface area contributed by atoms with Gasteiger partial charge in [-0.1, -0.05) is 54.6 Å². The van der Waals surface area contributed by atoms with Crippen molar-refractivity contribution in [3.63, 3.8) is 0 Å². The highest BCUT2D eigenvalue weighted by molar-refractivity contribution is 6.03. The van der Waals surface area contributed by atoms with E-state index in [9.17, 15) is 4.79 Å². The van der Waals surface area contributed by atoms with Gasteiger partial charge in [-0.05, 0) is 29.8 Å². The third kappa shape index (κ3) is 3.64. The molecule has 1 atom stereocenters. The molecule has 1 aliphatic heterocycles. The summed E-state index contributed by atoms with van der Waals surface area (Å²) in [7, 11) is 1.65. The van der Waals surface area contributed by atoms with E-state index < -0.39 is 0 Å². The third-order valence-electron chi connectivity index (χ3n) is 5.80. The number of hydrogen-bond acceptors (Lipinski definition) is 4. The van der Waals surface area contributed by atoms with Crippen LogP contribution in [0.2, 0.25) is 0 Å². The summed E-state index contributed by atoms with van der Waals surface area (Å²) >= 11 is 0. The first-order valence-corrected chi connectivity index (χ1v) is 10.6. The predicted molar refractivity (Wildman–Crippen MR) is 125 cm³/mol. The van der Waals surface area contributed by atoms with E-state index in [4.69, 9.17) is 14.8 Å². The Morgan fingerprint density at radius 2 is 1.81 bits per heavy atom. The van der Waals surface area contributed by atoms with Gasteiger partial charge in [-0.15, -0.1) is 0 Å². The Hall–Kier alpha value is -3.93. The van der Waals surface area contributed by atoms with E-state index in [0.717, 1.165) is 33.9 Å². The van der Waals surface area contributed by atoms with Crippen molar-refractivity contribution in [2.75, 3.05) is 7.11 Å². The highest BCUT2D eigenvalue weighted by atomic mass is 16.5. The van der Waals surface area contributed by atoms with Crippen molar-refractivity contribution in [1.29, 1.82) is 0 Å². The molecule has 3 aromatic carbocycles. The van der Waals surface area contributed by atoms with Crippen LogP contribution < -0.4 is 4.74 Å². The lowest BCUT2D eigenvalue weighted by Crippen LogP contribution is -2.27. The number of hydrogen-bond donors (Lipinski definition) is 0. The number of carbonyl (C=O) groups excluding carboxylic acids is 1. The summed E-state index contributed by atoms with van der Waals surface area (Å²) in [6, 6.07) is 25.9. The standard InChI is InChI=1S/C26H24N4O2/c1-18(31)30-25(16-23(28-30)20-11-8-12-21(15-20)32-2)26-27-22-13-6-7-14-24(22)29(26)17-19-9-4-3-5-10-19/h3-15,25H,16-17H2,1-2H3/t25-/m1/s1. The summed E-state index contributed by atoms with van der Waals surface area (Å²) in [6.45, 7) is 2.22. The van der Waals surface area contributed by atoms with Crippen LogP contribution in [-0.4, -0.2) is 33.3 Å². The topological polar surface area (TPSA) is 59.7 Å². The number of ether oxygens (including phenoxy) is 1. The van der Waals surface area contributed by atoms with Gasteiger partial charge in [0.25, 0.3) is 0 Å². The Kier molecular flexibility index (Phi) is 5.19. The summed E-state index contributed by atoms with van der Waals surface area (Å²) in [6.07, 6.45) is 0.588. The predicted octanol–water partition coefficient (Wildman–Crippen LogP) is 4.79. The molecule has 0 unspecified atom stereocenters. The van der Waals surface area contributed by atoms with E-state index in [-0.39, 0.29) is 11.9 Å². The van der Waals surface area contributed by atoms with Crippen LogP contribution in [0.4, 0.5) is 0 Å². The lowest BCUT2D eigenvalue weighted by molar-refractivity contribution is -0.130. The van der Waals surface area contributed by atoms with E-state index in [2.05, 4.69) is 22.8 Å². The zero-order valence-electron chi connectivity index (χ0n) is 18.1. The molecule has 0 radical (unpaired) electrons. The molecule has 1 aliphatic rings. The largest absolute Gasteiger partial charge is 0.497 e. The number of aromatic nitrogens is 2. The van der Waals surface area contributed by atoms with Crippen LogP contribution in [0.1, 0.15) is 36.3 Å². The Bertz CT molecular complexity index is 1310. The summed E-state index contributed by atoms with van der Waals surface area (Å²) < 4.78 is 7.58. The number of para-hydroxylation sites is 2. The van der Waals surface area contributed by atoms with Gasteiger partial charge in [0.2, 0.25) is 5.91 Å². The molecule has 0 spiro atoms. The molecule has 0 fully saturated rings. The van der Waals surface area contributed by atoms with E-state index >= 15 is 0 Å². The van der Waals surface area contributed by atoms with Gasteiger partial charge in [-0.2, -0.15) is 5.10 Å². The van der Waals surface area contributed by atoms with Gasteiger partial charge in [0.15, 0.2) is 0 Å². The quantitative estimate of drug-likeness (QED) is 0.463. The van der Waals surface area contributed by atoms with Gasteiger partial charge in [0, 0.05) is 25.5 Å². The molecule has 6 heteroatoms. The molecule has 1 amide bonds. The van der Waals surface area contributed by atoms with Crippen LogP contribution in [0, 0.1) is 0 Å². The molecule has 0 saturated carbocycles. The molecule has 6 nitrogen and oxygen atoms in total. The molecule has 160 valence electrons. The number of imidazole rings is 1. The molecule has 0 aliphatic carbocycles. The van der Waals surface area contributed by atoms with Crippen LogP contribution in [-0.2, 0) is 11.3 Å². The van der Waals surface area contributed by atoms with Crippen LogP contribution in [0.25, 0.3) is 11.0 Å². The molecule has 0 bridgehead atoms. The average molecular weight is 425 g/mol. The normalized spacial score (nSPS) is 15.8. The van der Waals surface area contributed by atoms with Crippen molar-refractivity contribution in [2.45, 2.75) is 25.9 Å². The molecule has 4 aromatic rings. The van der Waals surface area contributed by atoms with Gasteiger partial charge in [0.1, 0.15) is 17.6 Å². The minimum absolute atomic E-state index is 0.105. The number of methoxy groups -OCH3 is 1. The first-order chi connectivity index (χ1) is 15.6. The van der Waals surface area contributed by atoms with Gasteiger partial charge < -0.3 is 9.30 Å². The molecule has 2 heterocycles. The number of rotatable bonds is 5. The third-order valence-corrected chi connectivity index (χ3v) is 5.80. The Morgan fingerprint density at radius 3 is 2.59 bits per heavy atom. The van der Waals surface area contributed by atoms with Crippen LogP contribution in [0.5, 0.6) is 5.75 Å². The number of amides is 1. The van der Waals surface area contributed by atoms with Gasteiger partial charge in [0.05, 0.1) is 23.9 Å². The lowest BCUT2D eigenvalue weighted by Gasteiger charge is -2.21. The van der Waals surface area contributed by atoms with Crippen LogP contribution in [0.3, 0.4) is 0 Å². The molecule has 5 rings (SSSR count). The van der Waals surface area contributed by atoms with E-state index in [1.807, 2.05) is 60.7 Å². The lowest BCUT2D eigenvalue weighted by atomic mass is 10.0. The van der Waals surface area contributed by atoms with Crippen molar-refractivity contribution in [2.24, 2.45) is 5.10 Å². The minimum Gasteiger partial charge on any atom is -0.497 e. The van der Waals surface area contributed by atoms with Gasteiger partial charge >= 0.3 is 0 Å². The number of fused-ring (bicyclic) bond motifs is 1. The number of nitrogens with zero attached hydrogens (tertiary/aromatic N) is 4. The van der Waals surface area contributed by atoms with Crippen molar-refractivity contribution in [3.8, 4) is 5.75 Å². The maximum atomic E-state index is 12.6. The smallest absolute Gasteiger partial charge is 0.240 e. The Balaban J connectivity index is 1.58. The molecule has 32 heavy (non-hydrogen) atoms. The minimum atomic E-state index is -0.273. The second-order valence-corrected chi connectivity index (χ2v) is 7.89. The summed E-state index contributed by atoms with van der Waals surface area (Å²) in [4.78, 5) is 17.5. The van der Waals surface area contributed by atoms with E-state index in [1.54, 1.807) is 19.0 Å². The Labute approximate surface area is 186 Å². The highest BCUT2D eigenvalue weighted by Gasteiger charge is 2.35. The van der Waals surface area contributed by atoms with Gasteiger partial charge in [-0.3, -0.25) is 4.79 Å². The zero-order chi connectivity index (χ0) is 22.1. The van der Waals surface area contributed by atoms with E-state index in [1.165, 1.54) is 5.56 Å². The average Bonchev–Trinajstić information content (AvgIpc) is 3.42. The van der Waals surface area contributed by atoms with E-state index in [0.29, 0.717) is 13.0 Å². The first-order valence-electron chi connectivity index (χ1n) is 10.6. The number of hydrazone groups is 1. The molecule has 1 aromatic heterocycles. The van der Waals surface area contributed by atoms with Crippen molar-refractivity contribution >= 4 is 22.7 Å². The zero-order valence-corrected chi connectivity index (χ0v) is 18.1.